The molecule has 154 valence electrons. The van der Waals surface area contributed by atoms with E-state index in [2.05, 4.69) is 48.3 Å². The van der Waals surface area contributed by atoms with Crippen molar-refractivity contribution in [2.24, 2.45) is 10.9 Å². The summed E-state index contributed by atoms with van der Waals surface area (Å²) in [7, 11) is 1.63. The lowest BCUT2D eigenvalue weighted by molar-refractivity contribution is 0.407. The number of nitrogens with zero attached hydrogens (tertiary/aromatic N) is 2. The number of benzene rings is 1. The van der Waals surface area contributed by atoms with Crippen LogP contribution in [-0.4, -0.2) is 30.6 Å². The van der Waals surface area contributed by atoms with E-state index >= 15 is 0 Å². The van der Waals surface area contributed by atoms with Gasteiger partial charge in [-0.25, -0.2) is 9.98 Å². The van der Waals surface area contributed by atoms with Crippen molar-refractivity contribution in [3.63, 3.8) is 0 Å². The number of halogens is 1. The van der Waals surface area contributed by atoms with Gasteiger partial charge in [0.15, 0.2) is 5.96 Å². The fourth-order valence-electron chi connectivity index (χ4n) is 2.22. The number of methoxy groups -OCH3 is 1. The molecule has 1 atom stereocenters. The molecule has 2 aromatic rings. The molecule has 1 aromatic heterocycles. The van der Waals surface area contributed by atoms with Crippen molar-refractivity contribution >= 4 is 29.9 Å². The van der Waals surface area contributed by atoms with Gasteiger partial charge in [-0.3, -0.25) is 0 Å². The zero-order chi connectivity index (χ0) is 19.6. The molecule has 0 saturated heterocycles. The highest BCUT2D eigenvalue weighted by Crippen LogP contribution is 2.23. The molecule has 0 radical (unpaired) electrons. The van der Waals surface area contributed by atoms with Crippen molar-refractivity contribution in [2.45, 2.75) is 40.3 Å². The Morgan fingerprint density at radius 2 is 1.89 bits per heavy atom. The van der Waals surface area contributed by atoms with Gasteiger partial charge < -0.3 is 20.1 Å². The van der Waals surface area contributed by atoms with Crippen molar-refractivity contribution in [3.05, 3.63) is 48.2 Å². The first-order valence-corrected chi connectivity index (χ1v) is 9.33. The highest BCUT2D eigenvalue weighted by atomic mass is 127. The second-order valence-electron chi connectivity index (χ2n) is 6.66. The van der Waals surface area contributed by atoms with Gasteiger partial charge in [-0.05, 0) is 37.5 Å². The van der Waals surface area contributed by atoms with Crippen molar-refractivity contribution in [1.82, 2.24) is 15.6 Å². The summed E-state index contributed by atoms with van der Waals surface area (Å²) >= 11 is 0. The Kier molecular flexibility index (Phi) is 10.7. The fourth-order valence-corrected chi connectivity index (χ4v) is 2.22. The van der Waals surface area contributed by atoms with Crippen LogP contribution in [0.2, 0.25) is 0 Å². The van der Waals surface area contributed by atoms with Crippen LogP contribution in [0.3, 0.4) is 0 Å². The number of ether oxygens (including phenoxy) is 2. The van der Waals surface area contributed by atoms with E-state index in [1.54, 1.807) is 13.3 Å². The van der Waals surface area contributed by atoms with Gasteiger partial charge in [0.1, 0.15) is 11.5 Å². The Hall–Kier alpha value is -2.03. The second-order valence-corrected chi connectivity index (χ2v) is 6.66. The van der Waals surface area contributed by atoms with Gasteiger partial charge in [0, 0.05) is 30.9 Å². The van der Waals surface area contributed by atoms with Crippen LogP contribution < -0.4 is 20.1 Å². The number of aromatic nitrogens is 1. The topological polar surface area (TPSA) is 67.8 Å². The molecule has 6 nitrogen and oxygen atoms in total. The monoisotopic (exact) mass is 498 g/mol. The summed E-state index contributed by atoms with van der Waals surface area (Å²) in [5.74, 6) is 3.32. The van der Waals surface area contributed by atoms with Gasteiger partial charge in [0.25, 0.3) is 0 Å². The molecule has 1 aromatic carbocycles. The van der Waals surface area contributed by atoms with E-state index < -0.39 is 0 Å². The number of hydrogen-bond donors (Lipinski definition) is 2. The zero-order valence-electron chi connectivity index (χ0n) is 17.2. The molecule has 0 fully saturated rings. The summed E-state index contributed by atoms with van der Waals surface area (Å²) in [6, 6.07) is 11.6. The van der Waals surface area contributed by atoms with Crippen molar-refractivity contribution in [2.75, 3.05) is 13.7 Å². The minimum Gasteiger partial charge on any atom is -0.497 e. The molecule has 0 aliphatic carbocycles. The van der Waals surface area contributed by atoms with Crippen molar-refractivity contribution < 1.29 is 9.47 Å². The summed E-state index contributed by atoms with van der Waals surface area (Å²) in [6.07, 6.45) is 1.79. The van der Waals surface area contributed by atoms with Crippen LogP contribution in [0.25, 0.3) is 0 Å². The normalized spacial score (nSPS) is 12.1. The summed E-state index contributed by atoms with van der Waals surface area (Å²) in [4.78, 5) is 9.01. The molecule has 2 rings (SSSR count). The minimum atomic E-state index is 0. The van der Waals surface area contributed by atoms with Crippen LogP contribution in [0.4, 0.5) is 0 Å². The number of aliphatic imine (C=N–C) groups is 1. The fraction of sp³-hybridized carbons (Fsp3) is 0.429. The molecule has 0 saturated carbocycles. The van der Waals surface area contributed by atoms with Gasteiger partial charge in [-0.2, -0.15) is 0 Å². The lowest BCUT2D eigenvalue weighted by Crippen LogP contribution is -2.44. The van der Waals surface area contributed by atoms with E-state index in [0.717, 1.165) is 23.8 Å². The molecule has 7 heteroatoms. The maximum absolute atomic E-state index is 5.77. The van der Waals surface area contributed by atoms with Crippen molar-refractivity contribution in [1.29, 1.82) is 0 Å². The Morgan fingerprint density at radius 1 is 1.14 bits per heavy atom. The first kappa shape index (κ1) is 24.0. The maximum atomic E-state index is 5.77. The Labute approximate surface area is 185 Å². The van der Waals surface area contributed by atoms with Crippen LogP contribution in [0.15, 0.2) is 47.6 Å². The molecular weight excluding hydrogens is 467 g/mol. The van der Waals surface area contributed by atoms with Crippen LogP contribution in [-0.2, 0) is 6.54 Å². The predicted octanol–water partition coefficient (Wildman–Crippen LogP) is 4.60. The van der Waals surface area contributed by atoms with E-state index in [9.17, 15) is 0 Å². The lowest BCUT2D eigenvalue weighted by atomic mass is 10.1. The summed E-state index contributed by atoms with van der Waals surface area (Å²) in [5.41, 5.74) is 1.02. The van der Waals surface area contributed by atoms with Gasteiger partial charge in [-0.1, -0.05) is 26.0 Å². The first-order chi connectivity index (χ1) is 13.0. The lowest BCUT2D eigenvalue weighted by Gasteiger charge is -2.20. The van der Waals surface area contributed by atoms with Crippen LogP contribution in [0.5, 0.6) is 17.4 Å². The van der Waals surface area contributed by atoms with Crippen LogP contribution in [0.1, 0.15) is 33.3 Å². The third-order valence-corrected chi connectivity index (χ3v) is 4.19. The predicted molar refractivity (Wildman–Crippen MR) is 125 cm³/mol. The summed E-state index contributed by atoms with van der Waals surface area (Å²) in [5, 5.41) is 6.70. The van der Waals surface area contributed by atoms with E-state index in [0.29, 0.717) is 30.1 Å². The maximum Gasteiger partial charge on any atom is 0.219 e. The number of pyridine rings is 1. The molecule has 0 aliphatic heterocycles. The SMILES string of the molecule is CCNC(=NCc1ccc(Oc2cccc(OC)c2)nc1)NC(C)C(C)C.I. The summed E-state index contributed by atoms with van der Waals surface area (Å²) < 4.78 is 11.0. The van der Waals surface area contributed by atoms with E-state index in [4.69, 9.17) is 9.47 Å². The van der Waals surface area contributed by atoms with Gasteiger partial charge in [-0.15, -0.1) is 24.0 Å². The standard InChI is InChI=1S/C21H30N4O2.HI/c1-6-22-21(25-16(4)15(2)3)24-14-17-10-11-20(23-13-17)27-19-9-7-8-18(12-19)26-5;/h7-13,15-16H,6,14H2,1-5H3,(H2,22,24,25);1H. The largest absolute Gasteiger partial charge is 0.497 e. The molecule has 0 spiro atoms. The number of hydrogen-bond acceptors (Lipinski definition) is 4. The number of nitrogens with one attached hydrogen (secondary N) is 2. The van der Waals surface area contributed by atoms with Crippen LogP contribution in [0, 0.1) is 5.92 Å². The molecule has 1 unspecified atom stereocenters. The van der Waals surface area contributed by atoms with Gasteiger partial charge in [0.05, 0.1) is 13.7 Å². The zero-order valence-corrected chi connectivity index (χ0v) is 19.6. The highest BCUT2D eigenvalue weighted by Gasteiger charge is 2.08. The molecule has 1 heterocycles. The second kappa shape index (κ2) is 12.4. The third-order valence-electron chi connectivity index (χ3n) is 4.19. The van der Waals surface area contributed by atoms with Crippen molar-refractivity contribution in [3.8, 4) is 17.4 Å². The highest BCUT2D eigenvalue weighted by molar-refractivity contribution is 14.0. The van der Waals surface area contributed by atoms with Crippen LogP contribution >= 0.6 is 24.0 Å². The van der Waals surface area contributed by atoms with E-state index in [1.165, 1.54) is 0 Å². The molecule has 28 heavy (non-hydrogen) atoms. The number of rotatable bonds is 8. The number of guanidine groups is 1. The molecule has 0 bridgehead atoms. The van der Waals surface area contributed by atoms with E-state index in [1.807, 2.05) is 36.4 Å². The molecule has 0 aliphatic rings. The average Bonchev–Trinajstić information content (AvgIpc) is 2.67. The Balaban J connectivity index is 0.00000392. The molecule has 2 N–H and O–H groups in total. The molecular formula is C21H31IN4O2. The molecule has 0 amide bonds. The quantitative estimate of drug-likeness (QED) is 0.317. The third kappa shape index (κ3) is 7.92. The van der Waals surface area contributed by atoms with E-state index in [-0.39, 0.29) is 24.0 Å². The minimum absolute atomic E-state index is 0. The Morgan fingerprint density at radius 3 is 2.50 bits per heavy atom. The van der Waals surface area contributed by atoms with Gasteiger partial charge in [0.2, 0.25) is 5.88 Å². The summed E-state index contributed by atoms with van der Waals surface area (Å²) in [6.45, 7) is 9.96. The smallest absolute Gasteiger partial charge is 0.219 e. The average molecular weight is 498 g/mol. The first-order valence-electron chi connectivity index (χ1n) is 9.33. The van der Waals surface area contributed by atoms with Gasteiger partial charge >= 0.3 is 0 Å². The Bertz CT molecular complexity index is 735.